The molecule has 0 saturated carbocycles. The van der Waals surface area contributed by atoms with E-state index in [4.69, 9.17) is 10.5 Å². The topological polar surface area (TPSA) is 75.4 Å². The van der Waals surface area contributed by atoms with Crippen molar-refractivity contribution in [2.75, 3.05) is 26.3 Å². The highest BCUT2D eigenvalue weighted by Crippen LogP contribution is 2.22. The van der Waals surface area contributed by atoms with Crippen molar-refractivity contribution in [3.8, 4) is 0 Å². The van der Waals surface area contributed by atoms with Gasteiger partial charge >= 0.3 is 0 Å². The van der Waals surface area contributed by atoms with Crippen molar-refractivity contribution in [3.05, 3.63) is 35.5 Å². The first-order valence-corrected chi connectivity index (χ1v) is 7.89. The number of fused-ring (bicyclic) bond motifs is 1. The number of rotatable bonds is 8. The molecular formula is C17H26N4O. The molecule has 0 unspecified atom stereocenters. The SMILES string of the molecule is CCOCCCN=C(N)NCCc1c[nH]c2cccc(C)c12. The van der Waals surface area contributed by atoms with E-state index in [1.807, 2.05) is 6.92 Å². The Morgan fingerprint density at radius 1 is 1.41 bits per heavy atom. The third kappa shape index (κ3) is 4.49. The van der Waals surface area contributed by atoms with Crippen LogP contribution in [0.25, 0.3) is 10.9 Å². The summed E-state index contributed by atoms with van der Waals surface area (Å²) in [5.74, 6) is 0.507. The Labute approximate surface area is 132 Å². The van der Waals surface area contributed by atoms with Crippen LogP contribution < -0.4 is 11.1 Å². The Balaban J connectivity index is 1.79. The minimum absolute atomic E-state index is 0.507. The third-order valence-corrected chi connectivity index (χ3v) is 3.63. The number of ether oxygens (including phenoxy) is 1. The zero-order valence-electron chi connectivity index (χ0n) is 13.5. The second kappa shape index (κ2) is 8.44. The average molecular weight is 302 g/mol. The van der Waals surface area contributed by atoms with Crippen molar-refractivity contribution in [1.82, 2.24) is 10.3 Å². The maximum absolute atomic E-state index is 5.86. The van der Waals surface area contributed by atoms with Crippen molar-refractivity contribution < 1.29 is 4.74 Å². The van der Waals surface area contributed by atoms with Crippen LogP contribution in [0.2, 0.25) is 0 Å². The Morgan fingerprint density at radius 3 is 3.09 bits per heavy atom. The van der Waals surface area contributed by atoms with Crippen molar-refractivity contribution >= 4 is 16.9 Å². The van der Waals surface area contributed by atoms with Crippen LogP contribution in [0.1, 0.15) is 24.5 Å². The summed E-state index contributed by atoms with van der Waals surface area (Å²) in [5.41, 5.74) is 9.66. The van der Waals surface area contributed by atoms with Gasteiger partial charge in [-0.15, -0.1) is 0 Å². The average Bonchev–Trinajstić information content (AvgIpc) is 2.92. The first-order valence-electron chi connectivity index (χ1n) is 7.89. The predicted molar refractivity (Wildman–Crippen MR) is 92.3 cm³/mol. The molecule has 0 fully saturated rings. The lowest BCUT2D eigenvalue weighted by Gasteiger charge is -2.06. The van der Waals surface area contributed by atoms with E-state index < -0.39 is 0 Å². The standard InChI is InChI=1S/C17H26N4O/c1-3-22-11-5-9-19-17(18)20-10-8-14-12-21-15-7-4-6-13(2)16(14)15/h4,6-7,12,21H,3,5,8-11H2,1-2H3,(H3,18,19,20). The molecule has 0 atom stereocenters. The van der Waals surface area contributed by atoms with Gasteiger partial charge in [-0.05, 0) is 43.9 Å². The van der Waals surface area contributed by atoms with Crippen LogP contribution in [0, 0.1) is 6.92 Å². The van der Waals surface area contributed by atoms with Crippen LogP contribution in [-0.2, 0) is 11.2 Å². The van der Waals surface area contributed by atoms with E-state index in [1.54, 1.807) is 0 Å². The van der Waals surface area contributed by atoms with Crippen molar-refractivity contribution in [3.63, 3.8) is 0 Å². The zero-order valence-corrected chi connectivity index (χ0v) is 13.5. The summed E-state index contributed by atoms with van der Waals surface area (Å²) in [7, 11) is 0. The van der Waals surface area contributed by atoms with Gasteiger partial charge in [-0.25, -0.2) is 0 Å². The summed E-state index contributed by atoms with van der Waals surface area (Å²) >= 11 is 0. The fraction of sp³-hybridized carbons (Fsp3) is 0.471. The fourth-order valence-electron chi connectivity index (χ4n) is 2.54. The molecule has 0 amide bonds. The highest BCUT2D eigenvalue weighted by molar-refractivity contribution is 5.86. The highest BCUT2D eigenvalue weighted by Gasteiger charge is 2.05. The normalized spacial score (nSPS) is 12.0. The van der Waals surface area contributed by atoms with Gasteiger partial charge in [-0.1, -0.05) is 12.1 Å². The van der Waals surface area contributed by atoms with Crippen LogP contribution in [0.4, 0.5) is 0 Å². The lowest BCUT2D eigenvalue weighted by Crippen LogP contribution is -2.33. The van der Waals surface area contributed by atoms with E-state index in [0.717, 1.165) is 32.6 Å². The Morgan fingerprint density at radius 2 is 2.27 bits per heavy atom. The Bertz CT molecular complexity index is 618. The van der Waals surface area contributed by atoms with E-state index in [9.17, 15) is 0 Å². The highest BCUT2D eigenvalue weighted by atomic mass is 16.5. The number of hydrogen-bond acceptors (Lipinski definition) is 2. The second-order valence-electron chi connectivity index (χ2n) is 5.31. The minimum atomic E-state index is 0.507. The zero-order chi connectivity index (χ0) is 15.8. The molecular weight excluding hydrogens is 276 g/mol. The van der Waals surface area contributed by atoms with Gasteiger partial charge in [0.25, 0.3) is 0 Å². The molecule has 2 rings (SSSR count). The first-order chi connectivity index (χ1) is 10.7. The van der Waals surface area contributed by atoms with Gasteiger partial charge in [0.05, 0.1) is 0 Å². The smallest absolute Gasteiger partial charge is 0.188 e. The van der Waals surface area contributed by atoms with E-state index in [-0.39, 0.29) is 0 Å². The monoisotopic (exact) mass is 302 g/mol. The van der Waals surface area contributed by atoms with E-state index >= 15 is 0 Å². The van der Waals surface area contributed by atoms with E-state index in [1.165, 1.54) is 22.0 Å². The predicted octanol–water partition coefficient (Wildman–Crippen LogP) is 2.35. The number of aryl methyl sites for hydroxylation is 1. The lowest BCUT2D eigenvalue weighted by molar-refractivity contribution is 0.146. The number of nitrogens with zero attached hydrogens (tertiary/aromatic N) is 1. The molecule has 0 aliphatic rings. The van der Waals surface area contributed by atoms with Crippen LogP contribution in [0.15, 0.2) is 29.4 Å². The lowest BCUT2D eigenvalue weighted by atomic mass is 10.1. The molecule has 2 aromatic rings. The minimum Gasteiger partial charge on any atom is -0.382 e. The number of aliphatic imine (C=N–C) groups is 1. The molecule has 0 saturated heterocycles. The van der Waals surface area contributed by atoms with Crippen LogP contribution in [0.5, 0.6) is 0 Å². The maximum atomic E-state index is 5.86. The molecule has 5 nitrogen and oxygen atoms in total. The van der Waals surface area contributed by atoms with E-state index in [0.29, 0.717) is 12.5 Å². The Hall–Kier alpha value is -2.01. The van der Waals surface area contributed by atoms with Gasteiger partial charge in [-0.2, -0.15) is 0 Å². The molecule has 1 aromatic heterocycles. The summed E-state index contributed by atoms with van der Waals surface area (Å²) in [6.45, 7) is 7.10. The molecule has 0 aliphatic heterocycles. The number of benzene rings is 1. The fourth-order valence-corrected chi connectivity index (χ4v) is 2.54. The second-order valence-corrected chi connectivity index (χ2v) is 5.31. The molecule has 1 aromatic carbocycles. The summed E-state index contributed by atoms with van der Waals surface area (Å²) in [6, 6.07) is 6.32. The Kier molecular flexibility index (Phi) is 6.27. The van der Waals surface area contributed by atoms with Gasteiger partial charge < -0.3 is 20.8 Å². The van der Waals surface area contributed by atoms with Crippen LogP contribution in [-0.4, -0.2) is 37.2 Å². The van der Waals surface area contributed by atoms with Gasteiger partial charge in [0.2, 0.25) is 0 Å². The summed E-state index contributed by atoms with van der Waals surface area (Å²) in [4.78, 5) is 7.61. The maximum Gasteiger partial charge on any atom is 0.188 e. The summed E-state index contributed by atoms with van der Waals surface area (Å²) in [6.07, 6.45) is 3.90. The number of guanidine groups is 1. The van der Waals surface area contributed by atoms with Crippen molar-refractivity contribution in [1.29, 1.82) is 0 Å². The molecule has 0 bridgehead atoms. The van der Waals surface area contributed by atoms with Crippen LogP contribution >= 0.6 is 0 Å². The number of H-pyrrole nitrogens is 1. The van der Waals surface area contributed by atoms with E-state index in [2.05, 4.69) is 46.6 Å². The largest absolute Gasteiger partial charge is 0.382 e. The molecule has 5 heteroatoms. The number of hydrogen-bond donors (Lipinski definition) is 3. The summed E-state index contributed by atoms with van der Waals surface area (Å²) < 4.78 is 5.26. The number of aromatic nitrogens is 1. The molecule has 1 heterocycles. The number of nitrogens with one attached hydrogen (secondary N) is 2. The molecule has 120 valence electrons. The van der Waals surface area contributed by atoms with Crippen molar-refractivity contribution in [2.24, 2.45) is 10.7 Å². The first kappa shape index (κ1) is 16.4. The third-order valence-electron chi connectivity index (χ3n) is 3.63. The quantitative estimate of drug-likeness (QED) is 0.398. The van der Waals surface area contributed by atoms with Crippen molar-refractivity contribution in [2.45, 2.75) is 26.7 Å². The molecule has 0 spiro atoms. The van der Waals surface area contributed by atoms with Gasteiger partial charge in [0.1, 0.15) is 0 Å². The summed E-state index contributed by atoms with van der Waals surface area (Å²) in [5, 5.41) is 4.49. The van der Waals surface area contributed by atoms with Gasteiger partial charge in [-0.3, -0.25) is 4.99 Å². The number of aromatic amines is 1. The molecule has 0 aliphatic carbocycles. The van der Waals surface area contributed by atoms with Gasteiger partial charge in [0.15, 0.2) is 5.96 Å². The molecule has 4 N–H and O–H groups in total. The van der Waals surface area contributed by atoms with Crippen LogP contribution in [0.3, 0.4) is 0 Å². The number of nitrogens with two attached hydrogens (primary N) is 1. The van der Waals surface area contributed by atoms with Gasteiger partial charge in [0, 0.05) is 43.4 Å². The molecule has 0 radical (unpaired) electrons. The molecule has 22 heavy (non-hydrogen) atoms.